The Morgan fingerprint density at radius 3 is 2.26 bits per heavy atom. The van der Waals surface area contributed by atoms with Crippen LogP contribution in [0.1, 0.15) is 56.2 Å². The Kier molecular flexibility index (Phi) is 6.64. The molecule has 8 nitrogen and oxygen atoms in total. The highest BCUT2D eigenvalue weighted by Crippen LogP contribution is 2.51. The first-order valence-corrected chi connectivity index (χ1v) is 11.5. The Morgan fingerprint density at radius 2 is 1.72 bits per heavy atom. The van der Waals surface area contributed by atoms with Gasteiger partial charge in [-0.15, -0.1) is 0 Å². The third kappa shape index (κ3) is 5.02. The molecule has 4 rings (SSSR count). The predicted octanol–water partition coefficient (Wildman–Crippen LogP) is 4.41. The lowest BCUT2D eigenvalue weighted by Crippen LogP contribution is -2.61. The molecule has 0 saturated heterocycles. The third-order valence-electron chi connectivity index (χ3n) is 6.78. The molecule has 0 unspecified atom stereocenters. The smallest absolute Gasteiger partial charge is 0.343 e. The number of amides is 2. The van der Waals surface area contributed by atoms with Gasteiger partial charge in [-0.1, -0.05) is 0 Å². The monoisotopic (exact) mass is 555 g/mol. The number of hydrogen-bond acceptors (Lipinski definition) is 4. The minimum atomic E-state index is -4.99. The van der Waals surface area contributed by atoms with Gasteiger partial charge in [0.15, 0.2) is 0 Å². The summed E-state index contributed by atoms with van der Waals surface area (Å²) in [4.78, 5) is 43.3. The predicted molar refractivity (Wildman–Crippen MR) is 126 cm³/mol. The summed E-state index contributed by atoms with van der Waals surface area (Å²) >= 11 is 0. The molecule has 1 fully saturated rings. The number of nitrogens with zero attached hydrogens (tertiary/aromatic N) is 3. The molecule has 2 heterocycles. The van der Waals surface area contributed by atoms with Crippen LogP contribution in [0.5, 0.6) is 0 Å². The second kappa shape index (κ2) is 9.27. The SMILES string of the molecule is Cc1c(C(=O)C(=O)NC2(c3cn(C)cn3)CC(F)(F)C2)c(C)n(C)c1C(=O)Nc1ccc(F)c(C(F)(F)F)c1. The molecule has 0 aliphatic heterocycles. The molecule has 0 bridgehead atoms. The maximum Gasteiger partial charge on any atom is 0.419 e. The second-order valence-corrected chi connectivity index (χ2v) is 9.64. The Labute approximate surface area is 218 Å². The number of nitrogens with one attached hydrogen (secondary N) is 2. The summed E-state index contributed by atoms with van der Waals surface area (Å²) in [6.45, 7) is 2.80. The molecule has 208 valence electrons. The molecule has 0 atom stereocenters. The number of aromatic nitrogens is 3. The highest BCUT2D eigenvalue weighted by Gasteiger charge is 2.60. The lowest BCUT2D eigenvalue weighted by Gasteiger charge is -2.46. The minimum absolute atomic E-state index is 0.0385. The quantitative estimate of drug-likeness (QED) is 0.268. The van der Waals surface area contributed by atoms with Gasteiger partial charge >= 0.3 is 6.18 Å². The molecule has 2 aromatic heterocycles. The fourth-order valence-electron chi connectivity index (χ4n) is 4.86. The normalized spacial score (nSPS) is 15.9. The third-order valence-corrected chi connectivity index (χ3v) is 6.78. The van der Waals surface area contributed by atoms with Crippen LogP contribution in [-0.4, -0.2) is 37.6 Å². The summed E-state index contributed by atoms with van der Waals surface area (Å²) in [5, 5.41) is 4.64. The lowest BCUT2D eigenvalue weighted by atomic mass is 9.71. The van der Waals surface area contributed by atoms with E-state index in [9.17, 15) is 40.7 Å². The van der Waals surface area contributed by atoms with E-state index in [2.05, 4.69) is 15.6 Å². The van der Waals surface area contributed by atoms with Gasteiger partial charge in [-0.2, -0.15) is 13.2 Å². The molecule has 1 aliphatic carbocycles. The number of carbonyl (C=O) groups excluding carboxylic acids is 3. The number of hydrogen-bond donors (Lipinski definition) is 2. The van der Waals surface area contributed by atoms with E-state index in [0.29, 0.717) is 12.1 Å². The first kappa shape index (κ1) is 27.9. The maximum atomic E-state index is 13.9. The van der Waals surface area contributed by atoms with Gasteiger partial charge in [0.05, 0.1) is 28.7 Å². The topological polar surface area (TPSA) is 98.0 Å². The molecule has 39 heavy (non-hydrogen) atoms. The van der Waals surface area contributed by atoms with Gasteiger partial charge in [0.1, 0.15) is 11.5 Å². The number of imidazole rings is 1. The average molecular weight is 555 g/mol. The van der Waals surface area contributed by atoms with Gasteiger partial charge in [0.2, 0.25) is 0 Å². The lowest BCUT2D eigenvalue weighted by molar-refractivity contribution is -0.148. The molecule has 2 N–H and O–H groups in total. The van der Waals surface area contributed by atoms with Crippen LogP contribution >= 0.6 is 0 Å². The average Bonchev–Trinajstić information content (AvgIpc) is 3.33. The van der Waals surface area contributed by atoms with Crippen LogP contribution in [0, 0.1) is 19.7 Å². The number of anilines is 1. The van der Waals surface area contributed by atoms with Crippen molar-refractivity contribution in [1.29, 1.82) is 0 Å². The van der Waals surface area contributed by atoms with Crippen LogP contribution in [-0.2, 0) is 30.6 Å². The first-order valence-electron chi connectivity index (χ1n) is 11.5. The van der Waals surface area contributed by atoms with E-state index < -0.39 is 59.5 Å². The standard InChI is InChI=1S/C25H23F6N5O3/c1-12-18(20(37)22(39)34-23(9-24(27,28)10-23)17-8-35(3)11-32-17)13(2)36(4)19(12)21(38)33-14-5-6-16(26)15(7-14)25(29,30)31/h5-8,11H,9-10H2,1-4H3,(H,33,38)(H,34,39). The molecular weight excluding hydrogens is 532 g/mol. The highest BCUT2D eigenvalue weighted by atomic mass is 19.4. The largest absolute Gasteiger partial charge is 0.419 e. The number of carbonyl (C=O) groups is 3. The summed E-state index contributed by atoms with van der Waals surface area (Å²) in [5.74, 6) is -7.78. The zero-order valence-corrected chi connectivity index (χ0v) is 21.1. The number of halogens is 6. The molecule has 1 saturated carbocycles. The van der Waals surface area contributed by atoms with E-state index >= 15 is 0 Å². The maximum absolute atomic E-state index is 13.9. The van der Waals surface area contributed by atoms with Crippen molar-refractivity contribution in [1.82, 2.24) is 19.4 Å². The molecule has 14 heteroatoms. The molecule has 0 spiro atoms. The second-order valence-electron chi connectivity index (χ2n) is 9.64. The van der Waals surface area contributed by atoms with Crippen LogP contribution in [0.4, 0.5) is 32.0 Å². The number of benzene rings is 1. The van der Waals surface area contributed by atoms with Crippen LogP contribution in [0.3, 0.4) is 0 Å². The number of Topliss-reactive ketones (excluding diaryl/α,β-unsaturated/α-hetero) is 1. The van der Waals surface area contributed by atoms with Gasteiger partial charge in [-0.3, -0.25) is 14.4 Å². The molecule has 2 amide bonds. The van der Waals surface area contributed by atoms with Crippen molar-refractivity contribution < 1.29 is 40.7 Å². The van der Waals surface area contributed by atoms with Gasteiger partial charge in [0.25, 0.3) is 23.5 Å². The number of aryl methyl sites for hydroxylation is 1. The van der Waals surface area contributed by atoms with Crippen LogP contribution in [0.25, 0.3) is 0 Å². The zero-order chi connectivity index (χ0) is 29.1. The Bertz CT molecular complexity index is 1500. The van der Waals surface area contributed by atoms with E-state index in [1.165, 1.54) is 42.6 Å². The zero-order valence-electron chi connectivity index (χ0n) is 21.1. The summed E-state index contributed by atoms with van der Waals surface area (Å²) in [5.41, 5.74) is -3.41. The highest BCUT2D eigenvalue weighted by molar-refractivity contribution is 6.43. The van der Waals surface area contributed by atoms with Crippen molar-refractivity contribution in [2.24, 2.45) is 14.1 Å². The summed E-state index contributed by atoms with van der Waals surface area (Å²) in [6.07, 6.45) is -3.67. The number of rotatable bonds is 6. The van der Waals surface area contributed by atoms with Gasteiger partial charge in [0, 0.05) is 44.5 Å². The van der Waals surface area contributed by atoms with Crippen molar-refractivity contribution in [2.45, 2.75) is 44.3 Å². The molecule has 0 radical (unpaired) electrons. The number of alkyl halides is 5. The van der Waals surface area contributed by atoms with Crippen LogP contribution in [0.15, 0.2) is 30.7 Å². The van der Waals surface area contributed by atoms with E-state index in [-0.39, 0.29) is 33.9 Å². The molecule has 1 aromatic carbocycles. The van der Waals surface area contributed by atoms with E-state index in [0.717, 1.165) is 6.07 Å². The minimum Gasteiger partial charge on any atom is -0.343 e. The van der Waals surface area contributed by atoms with Crippen LogP contribution < -0.4 is 10.6 Å². The Morgan fingerprint density at radius 1 is 1.08 bits per heavy atom. The van der Waals surface area contributed by atoms with Crippen molar-refractivity contribution in [3.05, 3.63) is 70.3 Å². The Hall–Kier alpha value is -4.10. The number of ketones is 1. The summed E-state index contributed by atoms with van der Waals surface area (Å²) in [6, 6.07) is 1.93. The van der Waals surface area contributed by atoms with Crippen LogP contribution in [0.2, 0.25) is 0 Å². The fourth-order valence-corrected chi connectivity index (χ4v) is 4.86. The van der Waals surface area contributed by atoms with Crippen molar-refractivity contribution in [3.63, 3.8) is 0 Å². The van der Waals surface area contributed by atoms with Gasteiger partial charge in [-0.25, -0.2) is 18.2 Å². The van der Waals surface area contributed by atoms with E-state index in [1.54, 1.807) is 7.05 Å². The van der Waals surface area contributed by atoms with Crippen molar-refractivity contribution >= 4 is 23.3 Å². The van der Waals surface area contributed by atoms with E-state index in [1.807, 2.05) is 0 Å². The molecular formula is C25H23F6N5O3. The summed E-state index contributed by atoms with van der Waals surface area (Å²) in [7, 11) is 3.02. The Balaban J connectivity index is 1.61. The van der Waals surface area contributed by atoms with Crippen molar-refractivity contribution in [2.75, 3.05) is 5.32 Å². The van der Waals surface area contributed by atoms with E-state index in [4.69, 9.17) is 0 Å². The summed E-state index contributed by atoms with van der Waals surface area (Å²) < 4.78 is 83.3. The van der Waals surface area contributed by atoms with Gasteiger partial charge in [-0.05, 0) is 37.6 Å². The molecule has 1 aliphatic rings. The van der Waals surface area contributed by atoms with Crippen molar-refractivity contribution in [3.8, 4) is 0 Å². The van der Waals surface area contributed by atoms with Gasteiger partial charge < -0.3 is 19.8 Å². The first-order chi connectivity index (χ1) is 18.0. The fraction of sp³-hybridized carbons (Fsp3) is 0.360. The molecule has 3 aromatic rings.